The van der Waals surface area contributed by atoms with E-state index >= 15 is 0 Å². The summed E-state index contributed by atoms with van der Waals surface area (Å²) in [5.74, 6) is -4.41. The second-order valence-electron chi connectivity index (χ2n) is 8.55. The number of carbonyl (C=O) groups is 2. The zero-order valence-corrected chi connectivity index (χ0v) is 18.8. The third-order valence-electron chi connectivity index (χ3n) is 6.11. The third-order valence-corrected chi connectivity index (χ3v) is 7.29. The lowest BCUT2D eigenvalue weighted by molar-refractivity contribution is 0.0174. The van der Waals surface area contributed by atoms with Crippen LogP contribution in [0.4, 0.5) is 14.5 Å². The Morgan fingerprint density at radius 3 is 2.55 bits per heavy atom. The number of alkyl halides is 2. The molecule has 1 fully saturated rings. The molecule has 0 saturated heterocycles. The van der Waals surface area contributed by atoms with Crippen molar-refractivity contribution in [1.82, 2.24) is 4.98 Å². The quantitative estimate of drug-likeness (QED) is 0.430. The Hall–Kier alpha value is -2.91. The summed E-state index contributed by atoms with van der Waals surface area (Å²) in [6.07, 6.45) is 3.68. The maximum absolute atomic E-state index is 13.6. The molecule has 1 saturated carbocycles. The lowest BCUT2D eigenvalue weighted by Gasteiger charge is -2.25. The fraction of sp³-hybridized carbons (Fsp3) is 0.375. The van der Waals surface area contributed by atoms with Gasteiger partial charge in [-0.2, -0.15) is 0 Å². The highest BCUT2D eigenvalue weighted by Crippen LogP contribution is 2.40. The summed E-state index contributed by atoms with van der Waals surface area (Å²) < 4.78 is 28.0. The number of rotatable bonds is 6. The normalized spacial score (nSPS) is 18.9. The second kappa shape index (κ2) is 9.15. The first-order chi connectivity index (χ1) is 15.7. The Morgan fingerprint density at radius 1 is 1.18 bits per heavy atom. The number of aromatic nitrogens is 1. The van der Waals surface area contributed by atoms with Crippen LogP contribution >= 0.6 is 11.3 Å². The first kappa shape index (κ1) is 23.3. The molecule has 3 N–H and O–H groups in total. The largest absolute Gasteiger partial charge is 0.478 e. The second-order valence-corrected chi connectivity index (χ2v) is 9.61. The van der Waals surface area contributed by atoms with Crippen LogP contribution in [0.25, 0.3) is 10.2 Å². The minimum absolute atomic E-state index is 0.0103. The third kappa shape index (κ3) is 5.04. The van der Waals surface area contributed by atoms with E-state index in [1.807, 2.05) is 0 Å². The number of aromatic carboxylic acids is 1. The summed E-state index contributed by atoms with van der Waals surface area (Å²) in [4.78, 5) is 29.2. The fourth-order valence-corrected chi connectivity index (χ4v) is 5.32. The molecule has 0 radical (unpaired) electrons. The highest BCUT2D eigenvalue weighted by molar-refractivity contribution is 7.18. The molecule has 9 heteroatoms. The van der Waals surface area contributed by atoms with Crippen LogP contribution in [0.2, 0.25) is 0 Å². The predicted molar refractivity (Wildman–Crippen MR) is 122 cm³/mol. The Balaban J connectivity index is 1.62. The molecule has 0 atom stereocenters. The summed E-state index contributed by atoms with van der Waals surface area (Å²) in [5.41, 5.74) is 0.229. The highest BCUT2D eigenvalue weighted by Gasteiger charge is 2.27. The van der Waals surface area contributed by atoms with Gasteiger partial charge in [-0.1, -0.05) is 12.1 Å². The number of carbonyl (C=O) groups excluding carboxylic acids is 1. The maximum atomic E-state index is 13.6. The minimum Gasteiger partial charge on any atom is -0.478 e. The van der Waals surface area contributed by atoms with Gasteiger partial charge in [-0.05, 0) is 55.9 Å². The molecule has 174 valence electrons. The molecule has 0 unspecified atom stereocenters. The topological polar surface area (TPSA) is 99.5 Å². The van der Waals surface area contributed by atoms with Gasteiger partial charge in [0.1, 0.15) is 0 Å². The Morgan fingerprint density at radius 2 is 1.91 bits per heavy atom. The Labute approximate surface area is 193 Å². The molecule has 0 bridgehead atoms. The number of carboxylic acids is 1. The molecular weight excluding hydrogens is 450 g/mol. The van der Waals surface area contributed by atoms with Gasteiger partial charge in [0.2, 0.25) is 0 Å². The van der Waals surface area contributed by atoms with E-state index in [4.69, 9.17) is 0 Å². The van der Waals surface area contributed by atoms with Crippen molar-refractivity contribution in [1.29, 1.82) is 0 Å². The lowest BCUT2D eigenvalue weighted by atomic mass is 9.83. The number of benzene rings is 2. The standard InChI is InChI=1S/C24H24F2N2O4S/c1-24(25,26)16-4-2-3-15(9-16)21(30)27-18-11-20-19(10-17(18)23(31)32)28-22(33-20)14-7-5-13(12-29)6-8-14/h2-4,9-11,13-14,29H,5-8,12H2,1H3,(H,27,30)(H,31,32). The lowest BCUT2D eigenvalue weighted by Crippen LogP contribution is -2.16. The molecule has 6 nitrogen and oxygen atoms in total. The smallest absolute Gasteiger partial charge is 0.337 e. The number of aliphatic hydroxyl groups excluding tert-OH is 1. The van der Waals surface area contributed by atoms with Gasteiger partial charge in [0.15, 0.2) is 0 Å². The van der Waals surface area contributed by atoms with Gasteiger partial charge in [0, 0.05) is 30.6 Å². The molecule has 0 aliphatic heterocycles. The average molecular weight is 475 g/mol. The number of hydrogen-bond acceptors (Lipinski definition) is 5. The van der Waals surface area contributed by atoms with E-state index in [2.05, 4.69) is 10.3 Å². The predicted octanol–water partition coefficient (Wildman–Crippen LogP) is 5.62. The number of carboxylic acid groups (broad SMARTS) is 1. The number of aliphatic hydroxyl groups is 1. The maximum Gasteiger partial charge on any atom is 0.337 e. The van der Waals surface area contributed by atoms with Crippen LogP contribution in [0.1, 0.15) is 69.8 Å². The summed E-state index contributed by atoms with van der Waals surface area (Å²) in [5, 5.41) is 22.5. The number of anilines is 1. The van der Waals surface area contributed by atoms with Gasteiger partial charge in [-0.3, -0.25) is 4.79 Å². The van der Waals surface area contributed by atoms with Crippen molar-refractivity contribution < 1.29 is 28.6 Å². The molecule has 2 aromatic carbocycles. The van der Waals surface area contributed by atoms with Gasteiger partial charge in [-0.25, -0.2) is 18.6 Å². The summed E-state index contributed by atoms with van der Waals surface area (Å²) in [7, 11) is 0. The van der Waals surface area contributed by atoms with Crippen LogP contribution in [-0.2, 0) is 5.92 Å². The van der Waals surface area contributed by atoms with Crippen LogP contribution < -0.4 is 5.32 Å². The van der Waals surface area contributed by atoms with Crippen LogP contribution in [0.5, 0.6) is 0 Å². The summed E-state index contributed by atoms with van der Waals surface area (Å²) in [6.45, 7) is 0.939. The monoisotopic (exact) mass is 474 g/mol. The number of halogens is 2. The van der Waals surface area contributed by atoms with E-state index in [0.717, 1.165) is 48.4 Å². The molecule has 1 amide bonds. The zero-order chi connectivity index (χ0) is 23.8. The van der Waals surface area contributed by atoms with E-state index in [1.54, 1.807) is 6.07 Å². The minimum atomic E-state index is -3.10. The van der Waals surface area contributed by atoms with E-state index in [9.17, 15) is 28.6 Å². The SMILES string of the molecule is CC(F)(F)c1cccc(C(=O)Nc2cc3sc(C4CCC(CO)CC4)nc3cc2C(=O)O)c1. The molecule has 0 spiro atoms. The van der Waals surface area contributed by atoms with Crippen LogP contribution in [0.3, 0.4) is 0 Å². The number of fused-ring (bicyclic) bond motifs is 1. The van der Waals surface area contributed by atoms with E-state index in [-0.39, 0.29) is 34.9 Å². The number of amides is 1. The molecule has 1 heterocycles. The highest BCUT2D eigenvalue weighted by atomic mass is 32.1. The van der Waals surface area contributed by atoms with Gasteiger partial charge >= 0.3 is 5.97 Å². The van der Waals surface area contributed by atoms with Crippen molar-refractivity contribution in [3.63, 3.8) is 0 Å². The number of hydrogen-bond donors (Lipinski definition) is 3. The Bertz CT molecular complexity index is 1200. The van der Waals surface area contributed by atoms with Crippen molar-refractivity contribution in [2.75, 3.05) is 11.9 Å². The summed E-state index contributed by atoms with van der Waals surface area (Å²) >= 11 is 1.46. The van der Waals surface area contributed by atoms with Crippen molar-refractivity contribution in [3.05, 3.63) is 58.1 Å². The number of nitrogens with one attached hydrogen (secondary N) is 1. The summed E-state index contributed by atoms with van der Waals surface area (Å²) in [6, 6.07) is 8.11. The van der Waals surface area contributed by atoms with E-state index < -0.39 is 17.8 Å². The Kier molecular flexibility index (Phi) is 6.45. The van der Waals surface area contributed by atoms with E-state index in [0.29, 0.717) is 11.4 Å². The molecule has 3 aromatic rings. The van der Waals surface area contributed by atoms with Gasteiger partial charge in [0.25, 0.3) is 11.8 Å². The van der Waals surface area contributed by atoms with Gasteiger partial charge < -0.3 is 15.5 Å². The molecule has 1 aromatic heterocycles. The first-order valence-corrected chi connectivity index (χ1v) is 11.6. The van der Waals surface area contributed by atoms with Crippen LogP contribution in [-0.4, -0.2) is 33.7 Å². The molecule has 1 aliphatic rings. The van der Waals surface area contributed by atoms with Gasteiger partial charge in [-0.15, -0.1) is 11.3 Å². The molecule has 1 aliphatic carbocycles. The average Bonchev–Trinajstić information content (AvgIpc) is 3.21. The molecule has 4 rings (SSSR count). The first-order valence-electron chi connectivity index (χ1n) is 10.7. The van der Waals surface area contributed by atoms with E-state index in [1.165, 1.54) is 35.6 Å². The van der Waals surface area contributed by atoms with Crippen molar-refractivity contribution in [3.8, 4) is 0 Å². The van der Waals surface area contributed by atoms with Crippen molar-refractivity contribution >= 4 is 39.1 Å². The van der Waals surface area contributed by atoms with Gasteiger partial charge in [0.05, 0.1) is 26.5 Å². The molecule has 33 heavy (non-hydrogen) atoms. The van der Waals surface area contributed by atoms with Crippen molar-refractivity contribution in [2.24, 2.45) is 5.92 Å². The van der Waals surface area contributed by atoms with Crippen LogP contribution in [0.15, 0.2) is 36.4 Å². The van der Waals surface area contributed by atoms with Crippen molar-refractivity contribution in [2.45, 2.75) is 44.4 Å². The zero-order valence-electron chi connectivity index (χ0n) is 18.0. The molecular formula is C24H24F2N2O4S. The van der Waals surface area contributed by atoms with Crippen LogP contribution in [0, 0.1) is 5.92 Å². The number of nitrogens with zero attached hydrogens (tertiary/aromatic N) is 1. The fourth-order valence-electron chi connectivity index (χ4n) is 4.17. The number of thiazole rings is 1.